The lowest BCUT2D eigenvalue weighted by atomic mass is 9.99. The van der Waals surface area contributed by atoms with Crippen LogP contribution in [0.5, 0.6) is 0 Å². The van der Waals surface area contributed by atoms with Crippen LogP contribution in [0.4, 0.5) is 0 Å². The van der Waals surface area contributed by atoms with Gasteiger partial charge in [0.2, 0.25) is 0 Å². The van der Waals surface area contributed by atoms with E-state index in [1.807, 2.05) is 0 Å². The predicted molar refractivity (Wildman–Crippen MR) is 112 cm³/mol. The molecule has 2 aromatic rings. The summed E-state index contributed by atoms with van der Waals surface area (Å²) in [6.07, 6.45) is 0. The Morgan fingerprint density at radius 2 is 0.654 bits per heavy atom. The first-order chi connectivity index (χ1) is 11.9. The average molecular weight is 514 g/mol. The van der Waals surface area contributed by atoms with Crippen molar-refractivity contribution in [2.24, 2.45) is 0 Å². The van der Waals surface area contributed by atoms with E-state index in [2.05, 4.69) is 0 Å². The van der Waals surface area contributed by atoms with Crippen LogP contribution < -0.4 is 0 Å². The van der Waals surface area contributed by atoms with E-state index in [0.29, 0.717) is 0 Å². The molecule has 26 heavy (non-hydrogen) atoms. The minimum absolute atomic E-state index is 0.0437. The monoisotopic (exact) mass is 510 g/mol. The Kier molecular flexibility index (Phi) is 7.08. The lowest BCUT2D eigenvalue weighted by Gasteiger charge is -2.19. The van der Waals surface area contributed by atoms with E-state index in [1.165, 1.54) is 13.8 Å². The summed E-state index contributed by atoms with van der Waals surface area (Å²) in [4.78, 5) is 23.6. The summed E-state index contributed by atoms with van der Waals surface area (Å²) in [5.74, 6) is -0.869. The zero-order valence-electron chi connectivity index (χ0n) is 12.8. The van der Waals surface area contributed by atoms with Crippen molar-refractivity contribution in [1.82, 2.24) is 0 Å². The molecule has 138 valence electrons. The van der Waals surface area contributed by atoms with Crippen molar-refractivity contribution >= 4 is 104 Å². The molecule has 2 aromatic carbocycles. The molecule has 0 amide bonds. The molecule has 0 spiro atoms. The van der Waals surface area contributed by atoms with E-state index in [0.717, 1.165) is 0 Å². The fraction of sp³-hybridized carbons (Fsp3) is 0.125. The van der Waals surface area contributed by atoms with Crippen LogP contribution in [0.1, 0.15) is 34.6 Å². The van der Waals surface area contributed by atoms with E-state index in [4.69, 9.17) is 92.8 Å². The molecule has 10 heteroatoms. The molecule has 2 nitrogen and oxygen atoms in total. The summed E-state index contributed by atoms with van der Waals surface area (Å²) in [5.41, 5.74) is -0.00164. The van der Waals surface area contributed by atoms with Crippen molar-refractivity contribution in [3.8, 4) is 11.1 Å². The minimum Gasteiger partial charge on any atom is -0.294 e. The summed E-state index contributed by atoms with van der Waals surface area (Å²) in [6.45, 7) is 2.52. The van der Waals surface area contributed by atoms with Crippen LogP contribution in [0.25, 0.3) is 11.1 Å². The molecule has 0 unspecified atom stereocenters. The first-order valence-electron chi connectivity index (χ1n) is 6.67. The van der Waals surface area contributed by atoms with Crippen molar-refractivity contribution in [2.75, 3.05) is 0 Å². The van der Waals surface area contributed by atoms with E-state index in [9.17, 15) is 9.59 Å². The summed E-state index contributed by atoms with van der Waals surface area (Å²) in [5, 5.41) is -0.958. The fourth-order valence-corrected chi connectivity index (χ4v) is 4.94. The van der Waals surface area contributed by atoms with Crippen LogP contribution in [0.2, 0.25) is 40.2 Å². The number of Topliss-reactive ketones (excluding diaryl/α,β-unsaturated/α-hetero) is 2. The fourth-order valence-electron chi connectivity index (χ4n) is 2.32. The highest BCUT2D eigenvalue weighted by Crippen LogP contribution is 2.53. The van der Waals surface area contributed by atoms with Gasteiger partial charge < -0.3 is 0 Å². The van der Waals surface area contributed by atoms with Crippen molar-refractivity contribution in [2.45, 2.75) is 13.8 Å². The number of carbonyl (C=O) groups is 2. The third-order valence-electron chi connectivity index (χ3n) is 3.48. The van der Waals surface area contributed by atoms with Gasteiger partial charge in [-0.2, -0.15) is 0 Å². The van der Waals surface area contributed by atoms with E-state index >= 15 is 0 Å². The van der Waals surface area contributed by atoms with Gasteiger partial charge in [-0.15, -0.1) is 0 Å². The molecule has 0 saturated carbocycles. The highest BCUT2D eigenvalue weighted by Gasteiger charge is 2.30. The molecule has 0 atom stereocenters. The van der Waals surface area contributed by atoms with Gasteiger partial charge in [-0.1, -0.05) is 92.8 Å². The molecular formula is C16H6Cl8O2. The van der Waals surface area contributed by atoms with Gasteiger partial charge in [-0.05, 0) is 13.8 Å². The number of carbonyl (C=O) groups excluding carboxylic acids is 2. The number of hydrogen-bond acceptors (Lipinski definition) is 2. The van der Waals surface area contributed by atoms with Crippen LogP contribution in [-0.2, 0) is 0 Å². The van der Waals surface area contributed by atoms with Crippen molar-refractivity contribution in [3.63, 3.8) is 0 Å². The maximum absolute atomic E-state index is 11.8. The number of halogens is 8. The Hall–Kier alpha value is 0.1000. The molecule has 0 saturated heterocycles. The van der Waals surface area contributed by atoms with Gasteiger partial charge in [-0.25, -0.2) is 0 Å². The number of ketones is 2. The zero-order valence-corrected chi connectivity index (χ0v) is 18.9. The summed E-state index contributed by atoms with van der Waals surface area (Å²) in [6, 6.07) is 0. The average Bonchev–Trinajstić information content (AvgIpc) is 2.54. The van der Waals surface area contributed by atoms with Gasteiger partial charge in [0.15, 0.2) is 11.6 Å². The SMILES string of the molecule is CC(=O)c1c(Cl)c(Cl)c(-c2c(Cl)c(Cl)c(C(C)=O)c(Cl)c2Cl)c(Cl)c1Cl. The zero-order chi connectivity index (χ0) is 20.1. The van der Waals surface area contributed by atoms with E-state index < -0.39 is 11.6 Å². The second-order valence-electron chi connectivity index (χ2n) is 5.12. The van der Waals surface area contributed by atoms with Crippen molar-refractivity contribution in [3.05, 3.63) is 51.3 Å². The van der Waals surface area contributed by atoms with Gasteiger partial charge in [0.25, 0.3) is 0 Å². The quantitative estimate of drug-likeness (QED) is 0.303. The maximum atomic E-state index is 11.8. The van der Waals surface area contributed by atoms with Gasteiger partial charge in [-0.3, -0.25) is 9.59 Å². The minimum atomic E-state index is -0.435. The van der Waals surface area contributed by atoms with Gasteiger partial charge in [0.05, 0.1) is 51.3 Å². The molecule has 0 fully saturated rings. The lowest BCUT2D eigenvalue weighted by Crippen LogP contribution is -2.02. The number of hydrogen-bond donors (Lipinski definition) is 0. The number of benzene rings is 2. The molecule has 0 heterocycles. The molecule has 0 aromatic heterocycles. The Balaban J connectivity index is 3.05. The Labute approximate surface area is 189 Å². The topological polar surface area (TPSA) is 34.1 Å². The standard InChI is InChI=1S/C16H6Cl8O2/c1-3(25)5-9(17)13(21)7(14(22)10(5)18)8-15(23)11(19)6(4(2)26)12(20)16(8)24/h1-2H3. The lowest BCUT2D eigenvalue weighted by molar-refractivity contribution is 0.100. The first kappa shape index (κ1) is 22.4. The van der Waals surface area contributed by atoms with Gasteiger partial charge in [0, 0.05) is 11.1 Å². The third-order valence-corrected chi connectivity index (χ3v) is 6.89. The molecule has 0 N–H and O–H groups in total. The van der Waals surface area contributed by atoms with Crippen LogP contribution in [-0.4, -0.2) is 11.6 Å². The highest BCUT2D eigenvalue weighted by atomic mass is 35.5. The van der Waals surface area contributed by atoms with Crippen LogP contribution in [0, 0.1) is 0 Å². The Morgan fingerprint density at radius 3 is 0.808 bits per heavy atom. The van der Waals surface area contributed by atoms with Crippen molar-refractivity contribution in [1.29, 1.82) is 0 Å². The second kappa shape index (κ2) is 8.23. The van der Waals surface area contributed by atoms with Gasteiger partial charge >= 0.3 is 0 Å². The van der Waals surface area contributed by atoms with Crippen LogP contribution >= 0.6 is 92.8 Å². The molecule has 0 aliphatic carbocycles. The van der Waals surface area contributed by atoms with Crippen LogP contribution in [0.3, 0.4) is 0 Å². The van der Waals surface area contributed by atoms with E-state index in [-0.39, 0.29) is 62.4 Å². The Morgan fingerprint density at radius 1 is 0.462 bits per heavy atom. The summed E-state index contributed by atoms with van der Waals surface area (Å²) < 4.78 is 0. The first-order valence-corrected chi connectivity index (χ1v) is 9.69. The molecule has 0 bridgehead atoms. The van der Waals surface area contributed by atoms with Crippen LogP contribution in [0.15, 0.2) is 0 Å². The smallest absolute Gasteiger partial charge is 0.162 e. The molecular weight excluding hydrogens is 508 g/mol. The van der Waals surface area contributed by atoms with E-state index in [1.54, 1.807) is 0 Å². The predicted octanol–water partition coefficient (Wildman–Crippen LogP) is 8.99. The second-order valence-corrected chi connectivity index (χ2v) is 8.15. The van der Waals surface area contributed by atoms with Gasteiger partial charge in [0.1, 0.15) is 0 Å². The normalized spacial score (nSPS) is 11.0. The highest BCUT2D eigenvalue weighted by molar-refractivity contribution is 6.56. The summed E-state index contributed by atoms with van der Waals surface area (Å²) in [7, 11) is 0. The molecule has 0 aliphatic rings. The van der Waals surface area contributed by atoms with Crippen molar-refractivity contribution < 1.29 is 9.59 Å². The molecule has 0 radical (unpaired) electrons. The third kappa shape index (κ3) is 3.56. The molecule has 2 rings (SSSR count). The largest absolute Gasteiger partial charge is 0.294 e. The maximum Gasteiger partial charge on any atom is 0.162 e. The summed E-state index contributed by atoms with van der Waals surface area (Å²) >= 11 is 50.0. The number of rotatable bonds is 3. The molecule has 0 aliphatic heterocycles. The Bertz CT molecular complexity index is 844.